The number of hydrogen-bond acceptors (Lipinski definition) is 3. The van der Waals surface area contributed by atoms with Gasteiger partial charge in [-0.05, 0) is 31.2 Å². The first-order valence-corrected chi connectivity index (χ1v) is 10.6. The average molecular weight is 316 g/mol. The molecule has 1 saturated carbocycles. The fraction of sp³-hybridized carbons (Fsp3) is 1.00. The van der Waals surface area contributed by atoms with Crippen LogP contribution in [0.3, 0.4) is 0 Å². The minimum Gasteiger partial charge on any atom is -0.313 e. The van der Waals surface area contributed by atoms with E-state index in [0.29, 0.717) is 0 Å². The topological polar surface area (TPSA) is 12.0 Å². The van der Waals surface area contributed by atoms with Gasteiger partial charge in [-0.2, -0.15) is 23.5 Å². The van der Waals surface area contributed by atoms with Crippen molar-refractivity contribution in [2.45, 2.75) is 81.6 Å². The summed E-state index contributed by atoms with van der Waals surface area (Å²) < 4.78 is 0. The summed E-state index contributed by atoms with van der Waals surface area (Å²) in [7, 11) is 0. The largest absolute Gasteiger partial charge is 0.313 e. The van der Waals surface area contributed by atoms with Crippen molar-refractivity contribution >= 4 is 23.5 Å². The molecule has 3 heteroatoms. The molecule has 1 nitrogen and oxygen atoms in total. The Morgan fingerprint density at radius 1 is 1.15 bits per heavy atom. The van der Waals surface area contributed by atoms with E-state index in [-0.39, 0.29) is 0 Å². The Morgan fingerprint density at radius 2 is 1.95 bits per heavy atom. The molecule has 1 heterocycles. The summed E-state index contributed by atoms with van der Waals surface area (Å²) >= 11 is 4.46. The molecule has 0 spiro atoms. The van der Waals surface area contributed by atoms with Gasteiger partial charge in [0.1, 0.15) is 0 Å². The molecule has 20 heavy (non-hydrogen) atoms. The second kappa shape index (κ2) is 8.33. The smallest absolute Gasteiger partial charge is 0.0297 e. The Morgan fingerprint density at radius 3 is 2.60 bits per heavy atom. The van der Waals surface area contributed by atoms with Crippen LogP contribution in [0.1, 0.15) is 59.8 Å². The standard InChI is InChI=1S/C17H33NS2/c1-5-14-8-7-9-15(10-14)17(18-6-2)16-11-19-12(3)13(4)20-16/h12-18H,5-11H2,1-4H3. The fourth-order valence-corrected chi connectivity index (χ4v) is 7.07. The van der Waals surface area contributed by atoms with Gasteiger partial charge in [-0.15, -0.1) is 0 Å². The molecule has 0 aromatic carbocycles. The number of rotatable bonds is 5. The quantitative estimate of drug-likeness (QED) is 0.782. The van der Waals surface area contributed by atoms with E-state index in [1.807, 2.05) is 0 Å². The first-order chi connectivity index (χ1) is 9.65. The predicted molar refractivity (Wildman–Crippen MR) is 96.0 cm³/mol. The number of thioether (sulfide) groups is 2. The van der Waals surface area contributed by atoms with Gasteiger partial charge in [0, 0.05) is 27.5 Å². The molecule has 118 valence electrons. The Bertz CT molecular complexity index is 278. The normalized spacial score (nSPS) is 40.5. The molecule has 1 aliphatic heterocycles. The summed E-state index contributed by atoms with van der Waals surface area (Å²) in [6.45, 7) is 10.6. The minimum atomic E-state index is 0.752. The van der Waals surface area contributed by atoms with Gasteiger partial charge < -0.3 is 5.32 Å². The van der Waals surface area contributed by atoms with E-state index in [0.717, 1.165) is 40.2 Å². The van der Waals surface area contributed by atoms with Gasteiger partial charge in [0.05, 0.1) is 0 Å². The summed E-state index contributed by atoms with van der Waals surface area (Å²) in [5.41, 5.74) is 0. The first kappa shape index (κ1) is 17.0. The summed E-state index contributed by atoms with van der Waals surface area (Å²) in [6, 6.07) is 0.752. The third-order valence-electron chi connectivity index (χ3n) is 5.32. The van der Waals surface area contributed by atoms with Crippen LogP contribution in [-0.2, 0) is 0 Å². The van der Waals surface area contributed by atoms with E-state index in [1.54, 1.807) is 0 Å². The molecule has 1 saturated heterocycles. The molecule has 6 unspecified atom stereocenters. The van der Waals surface area contributed by atoms with E-state index in [4.69, 9.17) is 0 Å². The van der Waals surface area contributed by atoms with Gasteiger partial charge >= 0.3 is 0 Å². The van der Waals surface area contributed by atoms with Crippen LogP contribution in [0.4, 0.5) is 0 Å². The Kier molecular flexibility index (Phi) is 7.09. The zero-order valence-electron chi connectivity index (χ0n) is 13.7. The molecule has 1 aliphatic carbocycles. The van der Waals surface area contributed by atoms with Crippen LogP contribution in [0.25, 0.3) is 0 Å². The maximum atomic E-state index is 3.87. The lowest BCUT2D eigenvalue weighted by atomic mass is 9.76. The summed E-state index contributed by atoms with van der Waals surface area (Å²) in [5.74, 6) is 3.26. The molecular weight excluding hydrogens is 282 g/mol. The van der Waals surface area contributed by atoms with E-state index >= 15 is 0 Å². The van der Waals surface area contributed by atoms with Crippen LogP contribution >= 0.6 is 23.5 Å². The van der Waals surface area contributed by atoms with Crippen LogP contribution in [0.15, 0.2) is 0 Å². The molecule has 1 N–H and O–H groups in total. The highest BCUT2D eigenvalue weighted by atomic mass is 32.2. The lowest BCUT2D eigenvalue weighted by Gasteiger charge is -2.42. The highest BCUT2D eigenvalue weighted by molar-refractivity contribution is 8.07. The van der Waals surface area contributed by atoms with E-state index in [1.165, 1.54) is 37.9 Å². The Balaban J connectivity index is 1.98. The molecular formula is C17H33NS2. The van der Waals surface area contributed by atoms with Crippen molar-refractivity contribution in [1.29, 1.82) is 0 Å². The van der Waals surface area contributed by atoms with E-state index in [9.17, 15) is 0 Å². The Hall–Kier alpha value is 0.660. The van der Waals surface area contributed by atoms with Gasteiger partial charge in [-0.25, -0.2) is 0 Å². The third-order valence-corrected chi connectivity index (χ3v) is 8.84. The van der Waals surface area contributed by atoms with Crippen molar-refractivity contribution in [3.63, 3.8) is 0 Å². The van der Waals surface area contributed by atoms with Crippen LogP contribution in [0.5, 0.6) is 0 Å². The predicted octanol–water partition coefficient (Wildman–Crippen LogP) is 4.81. The van der Waals surface area contributed by atoms with Crippen molar-refractivity contribution in [3.05, 3.63) is 0 Å². The van der Waals surface area contributed by atoms with Crippen molar-refractivity contribution in [1.82, 2.24) is 5.32 Å². The van der Waals surface area contributed by atoms with E-state index < -0.39 is 0 Å². The molecule has 0 amide bonds. The third kappa shape index (κ3) is 4.33. The molecule has 0 aromatic rings. The van der Waals surface area contributed by atoms with Crippen LogP contribution in [0, 0.1) is 11.8 Å². The van der Waals surface area contributed by atoms with Crippen molar-refractivity contribution < 1.29 is 0 Å². The van der Waals surface area contributed by atoms with Crippen LogP contribution in [0.2, 0.25) is 0 Å². The SMILES string of the molecule is CCNC(C1CCCC(CC)C1)C1CSC(C)C(C)S1. The zero-order valence-corrected chi connectivity index (χ0v) is 15.4. The fourth-order valence-electron chi connectivity index (χ4n) is 3.86. The van der Waals surface area contributed by atoms with Crippen LogP contribution in [-0.4, -0.2) is 34.1 Å². The van der Waals surface area contributed by atoms with Gasteiger partial charge in [0.15, 0.2) is 0 Å². The summed E-state index contributed by atoms with van der Waals surface area (Å²) in [6.07, 6.45) is 7.25. The van der Waals surface area contributed by atoms with E-state index in [2.05, 4.69) is 56.5 Å². The maximum absolute atomic E-state index is 3.87. The molecule has 0 aromatic heterocycles. The second-order valence-electron chi connectivity index (χ2n) is 6.70. The van der Waals surface area contributed by atoms with Gasteiger partial charge in [0.25, 0.3) is 0 Å². The second-order valence-corrected chi connectivity index (χ2v) is 9.73. The zero-order chi connectivity index (χ0) is 14.5. The summed E-state index contributed by atoms with van der Waals surface area (Å²) in [5, 5.41) is 6.33. The number of nitrogens with one attached hydrogen (secondary N) is 1. The molecule has 0 radical (unpaired) electrons. The summed E-state index contributed by atoms with van der Waals surface area (Å²) in [4.78, 5) is 0. The molecule has 2 aliphatic rings. The van der Waals surface area contributed by atoms with Crippen molar-refractivity contribution in [2.24, 2.45) is 11.8 Å². The van der Waals surface area contributed by atoms with Gasteiger partial charge in [-0.1, -0.05) is 47.0 Å². The van der Waals surface area contributed by atoms with Crippen molar-refractivity contribution in [3.8, 4) is 0 Å². The molecule has 2 fully saturated rings. The van der Waals surface area contributed by atoms with Gasteiger partial charge in [0.2, 0.25) is 0 Å². The highest BCUT2D eigenvalue weighted by Gasteiger charge is 2.36. The maximum Gasteiger partial charge on any atom is 0.0297 e. The molecule has 6 atom stereocenters. The first-order valence-electron chi connectivity index (χ1n) is 8.66. The number of hydrogen-bond donors (Lipinski definition) is 1. The van der Waals surface area contributed by atoms with Crippen LogP contribution < -0.4 is 5.32 Å². The monoisotopic (exact) mass is 315 g/mol. The Labute approximate surface area is 134 Å². The molecule has 0 bridgehead atoms. The highest BCUT2D eigenvalue weighted by Crippen LogP contribution is 2.42. The minimum absolute atomic E-state index is 0.752. The lowest BCUT2D eigenvalue weighted by molar-refractivity contribution is 0.209. The average Bonchev–Trinajstić information content (AvgIpc) is 2.48. The molecule has 2 rings (SSSR count). The lowest BCUT2D eigenvalue weighted by Crippen LogP contribution is -2.49. The van der Waals surface area contributed by atoms with Gasteiger partial charge in [-0.3, -0.25) is 0 Å². The van der Waals surface area contributed by atoms with Crippen molar-refractivity contribution in [2.75, 3.05) is 12.3 Å².